The van der Waals surface area contributed by atoms with Crippen molar-refractivity contribution in [3.05, 3.63) is 35.4 Å². The summed E-state index contributed by atoms with van der Waals surface area (Å²) in [5.74, 6) is -2.26. The van der Waals surface area contributed by atoms with Gasteiger partial charge in [0.1, 0.15) is 6.04 Å². The number of nitrogens with one attached hydrogen (secondary N) is 1. The van der Waals surface area contributed by atoms with E-state index in [1.54, 1.807) is 0 Å². The molecule has 6 nitrogen and oxygen atoms in total. The van der Waals surface area contributed by atoms with Crippen LogP contribution in [0.2, 0.25) is 0 Å². The largest absolute Gasteiger partial charge is 0.480 e. The van der Waals surface area contributed by atoms with Crippen LogP contribution in [-0.4, -0.2) is 28.9 Å². The van der Waals surface area contributed by atoms with E-state index in [1.165, 1.54) is 24.3 Å². The van der Waals surface area contributed by atoms with Crippen LogP contribution in [0.1, 0.15) is 40.5 Å². The molecular weight excluding hydrogens is 248 g/mol. The van der Waals surface area contributed by atoms with Crippen molar-refractivity contribution < 1.29 is 19.5 Å². The summed E-state index contributed by atoms with van der Waals surface area (Å²) < 4.78 is 0. The van der Waals surface area contributed by atoms with Crippen molar-refractivity contribution in [1.29, 1.82) is 0 Å². The molecule has 19 heavy (non-hydrogen) atoms. The lowest BCUT2D eigenvalue weighted by Crippen LogP contribution is -2.40. The molecule has 1 atom stereocenters. The van der Waals surface area contributed by atoms with Crippen LogP contribution >= 0.6 is 0 Å². The van der Waals surface area contributed by atoms with Crippen LogP contribution in [-0.2, 0) is 4.79 Å². The van der Waals surface area contributed by atoms with Crippen LogP contribution in [0.25, 0.3) is 0 Å². The van der Waals surface area contributed by atoms with Crippen LogP contribution in [0.15, 0.2) is 24.3 Å². The van der Waals surface area contributed by atoms with Crippen LogP contribution in [0.4, 0.5) is 0 Å². The van der Waals surface area contributed by atoms with Gasteiger partial charge in [0.2, 0.25) is 5.91 Å². The first-order valence-corrected chi connectivity index (χ1v) is 5.89. The molecule has 0 saturated heterocycles. The molecule has 0 aliphatic rings. The van der Waals surface area contributed by atoms with E-state index in [1.807, 2.05) is 6.92 Å². The molecule has 1 aromatic rings. The molecule has 0 saturated carbocycles. The molecule has 0 spiro atoms. The molecule has 0 aliphatic carbocycles. The van der Waals surface area contributed by atoms with E-state index in [2.05, 4.69) is 5.32 Å². The Balaban J connectivity index is 2.85. The van der Waals surface area contributed by atoms with Gasteiger partial charge in [0.05, 0.1) is 0 Å². The van der Waals surface area contributed by atoms with E-state index >= 15 is 0 Å². The number of aliphatic carboxylic acids is 1. The third-order valence-corrected chi connectivity index (χ3v) is 2.59. The predicted molar refractivity (Wildman–Crippen MR) is 68.8 cm³/mol. The summed E-state index contributed by atoms with van der Waals surface area (Å²) in [6.07, 6.45) is 0.981. The Kier molecular flexibility index (Phi) is 5.05. The normalized spacial score (nSPS) is 11.6. The average Bonchev–Trinajstić information content (AvgIpc) is 2.38. The highest BCUT2D eigenvalue weighted by Crippen LogP contribution is 2.06. The van der Waals surface area contributed by atoms with Crippen molar-refractivity contribution in [3.63, 3.8) is 0 Å². The Bertz CT molecular complexity index is 499. The molecule has 6 heteroatoms. The van der Waals surface area contributed by atoms with Crippen molar-refractivity contribution in [2.45, 2.75) is 25.8 Å². The number of amides is 2. The Morgan fingerprint density at radius 2 is 1.95 bits per heavy atom. The lowest BCUT2D eigenvalue weighted by Gasteiger charge is -2.13. The average molecular weight is 264 g/mol. The quantitative estimate of drug-likeness (QED) is 0.704. The van der Waals surface area contributed by atoms with Gasteiger partial charge < -0.3 is 16.2 Å². The summed E-state index contributed by atoms with van der Waals surface area (Å²) in [5.41, 5.74) is 5.53. The van der Waals surface area contributed by atoms with Crippen molar-refractivity contribution in [2.75, 3.05) is 0 Å². The number of hydrogen-bond donors (Lipinski definition) is 3. The Morgan fingerprint density at radius 1 is 1.32 bits per heavy atom. The van der Waals surface area contributed by atoms with Gasteiger partial charge in [-0.05, 0) is 24.6 Å². The maximum Gasteiger partial charge on any atom is 0.326 e. The monoisotopic (exact) mass is 264 g/mol. The van der Waals surface area contributed by atoms with E-state index < -0.39 is 23.8 Å². The molecule has 0 heterocycles. The van der Waals surface area contributed by atoms with Gasteiger partial charge in [-0.15, -0.1) is 0 Å². The molecule has 0 fully saturated rings. The molecule has 0 radical (unpaired) electrons. The maximum atomic E-state index is 11.9. The molecule has 4 N–H and O–H groups in total. The second-order valence-corrected chi connectivity index (χ2v) is 4.10. The lowest BCUT2D eigenvalue weighted by molar-refractivity contribution is -0.139. The number of benzene rings is 1. The highest BCUT2D eigenvalue weighted by Gasteiger charge is 2.19. The van der Waals surface area contributed by atoms with Gasteiger partial charge in [0.25, 0.3) is 5.91 Å². The fraction of sp³-hybridized carbons (Fsp3) is 0.308. The third kappa shape index (κ3) is 4.09. The van der Waals surface area contributed by atoms with Gasteiger partial charge in [0.15, 0.2) is 0 Å². The van der Waals surface area contributed by atoms with Crippen molar-refractivity contribution in [1.82, 2.24) is 5.32 Å². The topological polar surface area (TPSA) is 109 Å². The lowest BCUT2D eigenvalue weighted by atomic mass is 10.1. The number of carboxylic acid groups (broad SMARTS) is 1. The van der Waals surface area contributed by atoms with Crippen LogP contribution in [0, 0.1) is 0 Å². The maximum absolute atomic E-state index is 11.9. The third-order valence-electron chi connectivity index (χ3n) is 2.59. The number of carbonyl (C=O) groups excluding carboxylic acids is 2. The fourth-order valence-corrected chi connectivity index (χ4v) is 1.60. The highest BCUT2D eigenvalue weighted by atomic mass is 16.4. The zero-order chi connectivity index (χ0) is 14.4. The van der Waals surface area contributed by atoms with Crippen LogP contribution < -0.4 is 11.1 Å². The van der Waals surface area contributed by atoms with Gasteiger partial charge in [-0.25, -0.2) is 4.79 Å². The van der Waals surface area contributed by atoms with Crippen molar-refractivity contribution in [3.8, 4) is 0 Å². The van der Waals surface area contributed by atoms with Gasteiger partial charge in [-0.2, -0.15) is 0 Å². The first-order valence-electron chi connectivity index (χ1n) is 5.89. The minimum absolute atomic E-state index is 0.204. The van der Waals surface area contributed by atoms with E-state index in [-0.39, 0.29) is 11.1 Å². The molecule has 0 aromatic heterocycles. The van der Waals surface area contributed by atoms with E-state index in [4.69, 9.17) is 10.8 Å². The van der Waals surface area contributed by atoms with Gasteiger partial charge in [0, 0.05) is 11.1 Å². The zero-order valence-electron chi connectivity index (χ0n) is 10.6. The Hall–Kier alpha value is -2.37. The van der Waals surface area contributed by atoms with Gasteiger partial charge in [-0.3, -0.25) is 9.59 Å². The Morgan fingerprint density at radius 3 is 2.47 bits per heavy atom. The van der Waals surface area contributed by atoms with Crippen LogP contribution in [0.5, 0.6) is 0 Å². The Labute approximate surface area is 110 Å². The smallest absolute Gasteiger partial charge is 0.326 e. The standard InChI is InChI=1S/C13H16N2O4/c1-2-4-10(13(18)19)15-12(17)9-6-3-5-8(7-9)11(14)16/h3,5-7,10H,2,4H2,1H3,(H2,14,16)(H,15,17)(H,18,19)/t10-/m0/s1. The second-order valence-electron chi connectivity index (χ2n) is 4.10. The number of hydrogen-bond acceptors (Lipinski definition) is 3. The van der Waals surface area contributed by atoms with Crippen molar-refractivity contribution >= 4 is 17.8 Å². The number of rotatable bonds is 6. The summed E-state index contributed by atoms with van der Waals surface area (Å²) in [6, 6.07) is 4.90. The summed E-state index contributed by atoms with van der Waals surface area (Å²) in [5, 5.41) is 11.4. The summed E-state index contributed by atoms with van der Waals surface area (Å²) >= 11 is 0. The van der Waals surface area contributed by atoms with E-state index in [9.17, 15) is 14.4 Å². The summed E-state index contributed by atoms with van der Waals surface area (Å²) in [7, 11) is 0. The predicted octanol–water partition coefficient (Wildman–Crippen LogP) is 0.769. The minimum atomic E-state index is -1.08. The molecular formula is C13H16N2O4. The number of primary amides is 1. The highest BCUT2D eigenvalue weighted by molar-refractivity contribution is 6.00. The number of nitrogens with two attached hydrogens (primary N) is 1. The molecule has 102 valence electrons. The summed E-state index contributed by atoms with van der Waals surface area (Å²) in [4.78, 5) is 33.8. The number of carbonyl (C=O) groups is 3. The molecule has 0 aliphatic heterocycles. The molecule has 0 bridgehead atoms. The van der Waals surface area contributed by atoms with Crippen molar-refractivity contribution in [2.24, 2.45) is 5.73 Å². The molecule has 1 aromatic carbocycles. The SMILES string of the molecule is CCC[C@H](NC(=O)c1cccc(C(N)=O)c1)C(=O)O. The zero-order valence-corrected chi connectivity index (χ0v) is 10.6. The van der Waals surface area contributed by atoms with Gasteiger partial charge in [-0.1, -0.05) is 19.4 Å². The number of carboxylic acids is 1. The van der Waals surface area contributed by atoms with Crippen LogP contribution in [0.3, 0.4) is 0 Å². The molecule has 0 unspecified atom stereocenters. The molecule has 2 amide bonds. The second kappa shape index (κ2) is 6.53. The first-order chi connectivity index (χ1) is 8.95. The van der Waals surface area contributed by atoms with E-state index in [0.29, 0.717) is 12.8 Å². The minimum Gasteiger partial charge on any atom is -0.480 e. The fourth-order valence-electron chi connectivity index (χ4n) is 1.60. The first kappa shape index (κ1) is 14.7. The summed E-state index contributed by atoms with van der Waals surface area (Å²) in [6.45, 7) is 1.83. The van der Waals surface area contributed by atoms with E-state index in [0.717, 1.165) is 0 Å². The molecule has 1 rings (SSSR count). The van der Waals surface area contributed by atoms with Gasteiger partial charge >= 0.3 is 5.97 Å².